The zero-order valence-electron chi connectivity index (χ0n) is 14.6. The third kappa shape index (κ3) is 9.86. The van der Waals surface area contributed by atoms with Crippen molar-refractivity contribution in [1.29, 1.82) is 0 Å². The van der Waals surface area contributed by atoms with Crippen molar-refractivity contribution < 1.29 is 9.00 Å². The van der Waals surface area contributed by atoms with E-state index in [1.165, 1.54) is 0 Å². The summed E-state index contributed by atoms with van der Waals surface area (Å²) in [5.74, 6) is 0.881. The fraction of sp³-hybridized carbons (Fsp3) is 0.500. The van der Waals surface area contributed by atoms with Crippen LogP contribution in [0.2, 0.25) is 0 Å². The molecule has 1 aromatic carbocycles. The van der Waals surface area contributed by atoms with Gasteiger partial charge in [-0.1, -0.05) is 18.2 Å². The van der Waals surface area contributed by atoms with E-state index in [4.69, 9.17) is 0 Å². The molecule has 0 heterocycles. The number of nitrogens with zero attached hydrogens (tertiary/aromatic N) is 1. The molecular formula is C16H27IN4O2S. The van der Waals surface area contributed by atoms with Crippen molar-refractivity contribution in [3.63, 3.8) is 0 Å². The number of nitrogens with one attached hydrogen (secondary N) is 3. The number of amides is 1. The number of hydrogen-bond donors (Lipinski definition) is 3. The lowest BCUT2D eigenvalue weighted by molar-refractivity contribution is -0.121. The predicted molar refractivity (Wildman–Crippen MR) is 110 cm³/mol. The third-order valence-corrected chi connectivity index (χ3v) is 4.11. The summed E-state index contributed by atoms with van der Waals surface area (Å²) in [6, 6.07) is 9.33. The monoisotopic (exact) mass is 466 g/mol. The molecule has 1 unspecified atom stereocenters. The standard InChI is InChI=1S/C16H26N4O2S.HI/c1-16(2,3)20-14(21)12-19-15(17-4)18-10-11-23(22)13-8-6-5-7-9-13;/h5-9H,10-12H2,1-4H3,(H,20,21)(H2,17,18,19);1H. The number of halogens is 1. The van der Waals surface area contributed by atoms with Gasteiger partial charge in [0, 0.05) is 29.8 Å². The lowest BCUT2D eigenvalue weighted by Gasteiger charge is -2.21. The molecule has 1 atom stereocenters. The molecule has 1 rings (SSSR count). The van der Waals surface area contributed by atoms with Gasteiger partial charge in [-0.3, -0.25) is 14.0 Å². The molecule has 8 heteroatoms. The molecule has 0 aliphatic rings. The second-order valence-electron chi connectivity index (χ2n) is 6.01. The SMILES string of the molecule is CN=C(NCCS(=O)c1ccccc1)NCC(=O)NC(C)(C)C.I. The summed E-state index contributed by atoms with van der Waals surface area (Å²) >= 11 is 0. The average molecular weight is 466 g/mol. The van der Waals surface area contributed by atoms with Gasteiger partial charge in [-0.05, 0) is 32.9 Å². The Hall–Kier alpha value is -1.16. The number of hydrogen-bond acceptors (Lipinski definition) is 3. The van der Waals surface area contributed by atoms with Crippen LogP contribution in [0.5, 0.6) is 0 Å². The topological polar surface area (TPSA) is 82.6 Å². The van der Waals surface area contributed by atoms with Crippen LogP contribution in [0.15, 0.2) is 40.2 Å². The lowest BCUT2D eigenvalue weighted by Crippen LogP contribution is -2.48. The van der Waals surface area contributed by atoms with Gasteiger partial charge >= 0.3 is 0 Å². The molecule has 0 aliphatic heterocycles. The van der Waals surface area contributed by atoms with Crippen molar-refractivity contribution in [2.75, 3.05) is 25.9 Å². The van der Waals surface area contributed by atoms with E-state index >= 15 is 0 Å². The van der Waals surface area contributed by atoms with Crippen molar-refractivity contribution in [3.8, 4) is 0 Å². The van der Waals surface area contributed by atoms with E-state index in [2.05, 4.69) is 20.9 Å². The van der Waals surface area contributed by atoms with E-state index in [1.807, 2.05) is 51.1 Å². The van der Waals surface area contributed by atoms with Crippen LogP contribution in [-0.4, -0.2) is 47.5 Å². The molecular weight excluding hydrogens is 439 g/mol. The highest BCUT2D eigenvalue weighted by molar-refractivity contribution is 14.0. The van der Waals surface area contributed by atoms with E-state index in [-0.39, 0.29) is 42.0 Å². The maximum atomic E-state index is 12.1. The smallest absolute Gasteiger partial charge is 0.239 e. The number of guanidine groups is 1. The second-order valence-corrected chi connectivity index (χ2v) is 7.58. The first-order valence-corrected chi connectivity index (χ1v) is 8.82. The molecule has 0 spiro atoms. The summed E-state index contributed by atoms with van der Waals surface area (Å²) in [6.07, 6.45) is 0. The summed E-state index contributed by atoms with van der Waals surface area (Å²) in [5, 5.41) is 8.85. The highest BCUT2D eigenvalue weighted by atomic mass is 127. The minimum absolute atomic E-state index is 0. The van der Waals surface area contributed by atoms with Gasteiger partial charge in [-0.2, -0.15) is 0 Å². The van der Waals surface area contributed by atoms with Gasteiger partial charge in [0.2, 0.25) is 5.91 Å². The minimum Gasteiger partial charge on any atom is -0.355 e. The van der Waals surface area contributed by atoms with Gasteiger partial charge in [-0.25, -0.2) is 0 Å². The zero-order valence-corrected chi connectivity index (χ0v) is 17.7. The number of carbonyl (C=O) groups excluding carboxylic acids is 1. The van der Waals surface area contributed by atoms with Crippen LogP contribution in [0.1, 0.15) is 20.8 Å². The summed E-state index contributed by atoms with van der Waals surface area (Å²) < 4.78 is 12.1. The molecule has 0 saturated heterocycles. The Morgan fingerprint density at radius 1 is 1.17 bits per heavy atom. The highest BCUT2D eigenvalue weighted by Crippen LogP contribution is 2.04. The third-order valence-electron chi connectivity index (χ3n) is 2.74. The van der Waals surface area contributed by atoms with Crippen LogP contribution in [0.4, 0.5) is 0 Å². The maximum Gasteiger partial charge on any atom is 0.239 e. The molecule has 0 saturated carbocycles. The number of rotatable bonds is 6. The van der Waals surface area contributed by atoms with E-state index in [9.17, 15) is 9.00 Å². The van der Waals surface area contributed by atoms with Crippen LogP contribution in [-0.2, 0) is 15.6 Å². The Morgan fingerprint density at radius 3 is 2.33 bits per heavy atom. The summed E-state index contributed by atoms with van der Waals surface area (Å²) in [4.78, 5) is 16.6. The van der Waals surface area contributed by atoms with Crippen LogP contribution in [0.25, 0.3) is 0 Å². The molecule has 6 nitrogen and oxygen atoms in total. The lowest BCUT2D eigenvalue weighted by atomic mass is 10.1. The Bertz CT molecular complexity index is 559. The first-order chi connectivity index (χ1) is 10.8. The van der Waals surface area contributed by atoms with Gasteiger partial charge in [0.1, 0.15) is 0 Å². The molecule has 24 heavy (non-hydrogen) atoms. The molecule has 0 radical (unpaired) electrons. The predicted octanol–water partition coefficient (Wildman–Crippen LogP) is 1.49. The molecule has 0 fully saturated rings. The van der Waals surface area contributed by atoms with Gasteiger partial charge in [-0.15, -0.1) is 24.0 Å². The Labute approximate surface area is 163 Å². The maximum absolute atomic E-state index is 12.1. The zero-order chi connectivity index (χ0) is 17.3. The van der Waals surface area contributed by atoms with Crippen LogP contribution < -0.4 is 16.0 Å². The minimum atomic E-state index is -1.05. The van der Waals surface area contributed by atoms with Crippen molar-refractivity contribution in [1.82, 2.24) is 16.0 Å². The Kier molecular flexibility index (Phi) is 10.9. The summed E-state index contributed by atoms with van der Waals surface area (Å²) in [7, 11) is 0.578. The van der Waals surface area contributed by atoms with Crippen LogP contribution in [0.3, 0.4) is 0 Å². The molecule has 0 bridgehead atoms. The summed E-state index contributed by atoms with van der Waals surface area (Å²) in [5.41, 5.74) is -0.262. The van der Waals surface area contributed by atoms with E-state index < -0.39 is 10.8 Å². The fourth-order valence-electron chi connectivity index (χ4n) is 1.80. The number of aliphatic imine (C=N–C) groups is 1. The first kappa shape index (κ1) is 22.8. The molecule has 3 N–H and O–H groups in total. The van der Waals surface area contributed by atoms with Gasteiger partial charge < -0.3 is 16.0 Å². The number of carbonyl (C=O) groups is 1. The Morgan fingerprint density at radius 2 is 1.79 bits per heavy atom. The number of benzene rings is 1. The molecule has 0 aliphatic carbocycles. The molecule has 136 valence electrons. The van der Waals surface area contributed by atoms with Crippen molar-refractivity contribution >= 4 is 46.6 Å². The largest absolute Gasteiger partial charge is 0.355 e. The van der Waals surface area contributed by atoms with E-state index in [1.54, 1.807) is 7.05 Å². The van der Waals surface area contributed by atoms with Crippen LogP contribution >= 0.6 is 24.0 Å². The first-order valence-electron chi connectivity index (χ1n) is 7.51. The van der Waals surface area contributed by atoms with Gasteiger partial charge in [0.05, 0.1) is 17.3 Å². The Balaban J connectivity index is 0.00000529. The van der Waals surface area contributed by atoms with Gasteiger partial charge in [0.25, 0.3) is 0 Å². The van der Waals surface area contributed by atoms with E-state index in [0.29, 0.717) is 18.3 Å². The second kappa shape index (κ2) is 11.4. The van der Waals surface area contributed by atoms with E-state index in [0.717, 1.165) is 4.90 Å². The average Bonchev–Trinajstić information content (AvgIpc) is 2.49. The van der Waals surface area contributed by atoms with Crippen molar-refractivity contribution in [3.05, 3.63) is 30.3 Å². The molecule has 0 aromatic heterocycles. The van der Waals surface area contributed by atoms with Crippen LogP contribution in [0, 0.1) is 0 Å². The summed E-state index contributed by atoms with van der Waals surface area (Å²) in [6.45, 7) is 6.42. The van der Waals surface area contributed by atoms with Crippen molar-refractivity contribution in [2.45, 2.75) is 31.2 Å². The normalized spacial score (nSPS) is 12.8. The van der Waals surface area contributed by atoms with Gasteiger partial charge in [0.15, 0.2) is 5.96 Å². The highest BCUT2D eigenvalue weighted by Gasteiger charge is 2.13. The molecule has 1 aromatic rings. The quantitative estimate of drug-likeness (QED) is 0.337. The molecule has 1 amide bonds. The van der Waals surface area contributed by atoms with Crippen molar-refractivity contribution in [2.24, 2.45) is 4.99 Å². The fourth-order valence-corrected chi connectivity index (χ4v) is 2.78.